The summed E-state index contributed by atoms with van der Waals surface area (Å²) in [5.41, 5.74) is 14.8. The van der Waals surface area contributed by atoms with Gasteiger partial charge in [0.1, 0.15) is 11.6 Å². The molecule has 0 spiro atoms. The number of hydrogen-bond donors (Lipinski definition) is 1. The van der Waals surface area contributed by atoms with E-state index in [9.17, 15) is 5.11 Å². The summed E-state index contributed by atoms with van der Waals surface area (Å²) in [5.74, 6) is 0.984. The van der Waals surface area contributed by atoms with Gasteiger partial charge in [0.05, 0.1) is 27.9 Å². The van der Waals surface area contributed by atoms with Crippen LogP contribution in [0, 0.1) is 0 Å². The van der Waals surface area contributed by atoms with Crippen LogP contribution in [-0.4, -0.2) is 24.6 Å². The zero-order chi connectivity index (χ0) is 40.2. The third-order valence-electron chi connectivity index (χ3n) is 11.1. The average Bonchev–Trinajstić information content (AvgIpc) is 3.63. The highest BCUT2D eigenvalue weighted by atomic mass is 16.3. The van der Waals surface area contributed by atoms with Gasteiger partial charge in [-0.2, -0.15) is 0 Å². The number of benzene rings is 6. The van der Waals surface area contributed by atoms with Crippen LogP contribution < -0.4 is 0 Å². The summed E-state index contributed by atoms with van der Waals surface area (Å²) < 4.78 is 2.30. The van der Waals surface area contributed by atoms with Gasteiger partial charge in [0.15, 0.2) is 0 Å². The highest BCUT2D eigenvalue weighted by Crippen LogP contribution is 2.43. The zero-order valence-corrected chi connectivity index (χ0v) is 33.8. The van der Waals surface area contributed by atoms with Gasteiger partial charge >= 0.3 is 0 Å². The first-order chi connectivity index (χ1) is 27.9. The summed E-state index contributed by atoms with van der Waals surface area (Å²) >= 11 is 0. The monoisotopic (exact) mass is 754 g/mol. The Balaban J connectivity index is 1.34. The molecule has 0 saturated carbocycles. The van der Waals surface area contributed by atoms with Gasteiger partial charge in [-0.3, -0.25) is 14.5 Å². The minimum absolute atomic E-state index is 0.0483. The fourth-order valence-corrected chi connectivity index (χ4v) is 7.92. The lowest BCUT2D eigenvalue weighted by molar-refractivity contribution is 0.477. The second-order valence-electron chi connectivity index (χ2n) is 17.2. The maximum absolute atomic E-state index is 11.5. The van der Waals surface area contributed by atoms with E-state index in [2.05, 4.69) is 154 Å². The van der Waals surface area contributed by atoms with Crippen LogP contribution in [0.5, 0.6) is 5.75 Å². The standard InChI is InChI=1S/C53H46N4O/c1-52(2,3)39-24-25-46(42(32-39)34-15-8-7-9-16-34)57-47-22-13-20-41(44-31-36(23-26-48(44)58)45-21-10-11-27-54-45)50(47)56-51(57)38-18-12-17-35(29-38)43-33-40(53(4,5)6)30-37-19-14-28-55-49(37)43/h7-33,58H,1-6H3. The summed E-state index contributed by atoms with van der Waals surface area (Å²) in [4.78, 5) is 15.1. The van der Waals surface area contributed by atoms with Crippen molar-refractivity contribution in [3.8, 4) is 67.5 Å². The molecule has 0 fully saturated rings. The Morgan fingerprint density at radius 2 is 1.19 bits per heavy atom. The van der Waals surface area contributed by atoms with Gasteiger partial charge in [0.2, 0.25) is 0 Å². The van der Waals surface area contributed by atoms with Crippen LogP contribution in [0.25, 0.3) is 83.6 Å². The molecule has 5 heteroatoms. The number of imidazole rings is 1. The average molecular weight is 755 g/mol. The second-order valence-corrected chi connectivity index (χ2v) is 17.2. The highest BCUT2D eigenvalue weighted by Gasteiger charge is 2.24. The van der Waals surface area contributed by atoms with Crippen LogP contribution in [0.2, 0.25) is 0 Å². The Hall–Kier alpha value is -6.85. The molecule has 1 N–H and O–H groups in total. The molecule has 284 valence electrons. The van der Waals surface area contributed by atoms with Gasteiger partial charge in [-0.25, -0.2) is 4.98 Å². The third-order valence-corrected chi connectivity index (χ3v) is 11.1. The largest absolute Gasteiger partial charge is 0.507 e. The van der Waals surface area contributed by atoms with E-state index < -0.39 is 0 Å². The summed E-state index contributed by atoms with van der Waals surface area (Å²) in [7, 11) is 0. The third kappa shape index (κ3) is 6.73. The fraction of sp³-hybridized carbons (Fsp3) is 0.151. The molecule has 3 aromatic heterocycles. The number of aromatic hydroxyl groups is 1. The maximum Gasteiger partial charge on any atom is 0.145 e. The number of rotatable bonds is 6. The number of aromatic nitrogens is 4. The molecule has 0 bridgehead atoms. The van der Waals surface area contributed by atoms with Crippen LogP contribution in [0.15, 0.2) is 164 Å². The topological polar surface area (TPSA) is 63.8 Å². The normalized spacial score (nSPS) is 12.0. The van der Waals surface area contributed by atoms with Crippen molar-refractivity contribution in [2.24, 2.45) is 0 Å². The van der Waals surface area contributed by atoms with Gasteiger partial charge in [-0.1, -0.05) is 120 Å². The molecule has 0 aliphatic carbocycles. The van der Waals surface area contributed by atoms with Crippen LogP contribution in [0.1, 0.15) is 52.7 Å². The predicted molar refractivity (Wildman–Crippen MR) is 240 cm³/mol. The number of fused-ring (bicyclic) bond motifs is 2. The van der Waals surface area contributed by atoms with E-state index in [1.54, 1.807) is 12.3 Å². The number of hydrogen-bond acceptors (Lipinski definition) is 4. The number of para-hydroxylation sites is 1. The zero-order valence-electron chi connectivity index (χ0n) is 33.8. The quantitative estimate of drug-likeness (QED) is 0.184. The Kier molecular flexibility index (Phi) is 9.04. The summed E-state index contributed by atoms with van der Waals surface area (Å²) in [6.07, 6.45) is 3.66. The Bertz CT molecular complexity index is 2970. The van der Waals surface area contributed by atoms with Crippen molar-refractivity contribution in [2.45, 2.75) is 52.4 Å². The van der Waals surface area contributed by atoms with Crippen molar-refractivity contribution < 1.29 is 5.11 Å². The van der Waals surface area contributed by atoms with E-state index in [0.29, 0.717) is 5.56 Å². The van der Waals surface area contributed by atoms with Gasteiger partial charge in [-0.15, -0.1) is 0 Å². The first-order valence-electron chi connectivity index (χ1n) is 19.9. The first-order valence-corrected chi connectivity index (χ1v) is 19.9. The second kappa shape index (κ2) is 14.3. The Morgan fingerprint density at radius 1 is 0.466 bits per heavy atom. The molecular weight excluding hydrogens is 709 g/mol. The van der Waals surface area contributed by atoms with Crippen molar-refractivity contribution in [2.75, 3.05) is 0 Å². The van der Waals surface area contributed by atoms with Crippen LogP contribution in [-0.2, 0) is 10.8 Å². The smallest absolute Gasteiger partial charge is 0.145 e. The van der Waals surface area contributed by atoms with Crippen molar-refractivity contribution >= 4 is 21.9 Å². The molecule has 0 atom stereocenters. The van der Waals surface area contributed by atoms with E-state index in [0.717, 1.165) is 78.1 Å². The first kappa shape index (κ1) is 36.8. The number of phenolic OH excluding ortho intramolecular Hbond substituents is 1. The number of nitrogens with zero attached hydrogens (tertiary/aromatic N) is 4. The molecule has 0 radical (unpaired) electrons. The molecule has 58 heavy (non-hydrogen) atoms. The molecular formula is C53H46N4O. The molecule has 0 aliphatic heterocycles. The van der Waals surface area contributed by atoms with Crippen molar-refractivity contribution in [3.63, 3.8) is 0 Å². The van der Waals surface area contributed by atoms with Gasteiger partial charge < -0.3 is 5.11 Å². The molecule has 9 rings (SSSR count). The van der Waals surface area contributed by atoms with E-state index in [1.807, 2.05) is 48.7 Å². The van der Waals surface area contributed by atoms with E-state index in [1.165, 1.54) is 11.1 Å². The number of pyridine rings is 2. The van der Waals surface area contributed by atoms with Crippen molar-refractivity contribution in [3.05, 3.63) is 175 Å². The lowest BCUT2D eigenvalue weighted by atomic mass is 9.84. The van der Waals surface area contributed by atoms with Crippen molar-refractivity contribution in [1.82, 2.24) is 19.5 Å². The summed E-state index contributed by atoms with van der Waals surface area (Å²) in [6.45, 7) is 13.5. The van der Waals surface area contributed by atoms with Gasteiger partial charge in [0, 0.05) is 51.2 Å². The van der Waals surface area contributed by atoms with Crippen LogP contribution in [0.4, 0.5) is 0 Å². The van der Waals surface area contributed by atoms with Crippen molar-refractivity contribution in [1.29, 1.82) is 0 Å². The molecule has 3 heterocycles. The maximum atomic E-state index is 11.5. The summed E-state index contributed by atoms with van der Waals surface area (Å²) in [6, 6.07) is 52.6. The fourth-order valence-electron chi connectivity index (χ4n) is 7.92. The minimum atomic E-state index is -0.0576. The molecule has 5 nitrogen and oxygen atoms in total. The van der Waals surface area contributed by atoms with E-state index in [4.69, 9.17) is 9.97 Å². The Labute approximate surface area is 340 Å². The SMILES string of the molecule is CC(C)(C)c1ccc(-n2c(-c3cccc(-c4cc(C(C)(C)C)cc5cccnc45)c3)nc3c(-c4cc(-c5ccccn5)ccc4O)cccc32)c(-c2ccccc2)c1. The van der Waals surface area contributed by atoms with E-state index in [-0.39, 0.29) is 16.6 Å². The summed E-state index contributed by atoms with van der Waals surface area (Å²) in [5, 5.41) is 12.6. The van der Waals surface area contributed by atoms with E-state index >= 15 is 0 Å². The highest BCUT2D eigenvalue weighted by molar-refractivity contribution is 5.99. The lowest BCUT2D eigenvalue weighted by Crippen LogP contribution is -2.12. The number of phenols is 1. The predicted octanol–water partition coefficient (Wildman–Crippen LogP) is 13.6. The van der Waals surface area contributed by atoms with Gasteiger partial charge in [0.25, 0.3) is 0 Å². The van der Waals surface area contributed by atoms with Crippen LogP contribution in [0.3, 0.4) is 0 Å². The molecule has 6 aromatic carbocycles. The molecule has 0 amide bonds. The molecule has 0 aliphatic rings. The Morgan fingerprint density at radius 3 is 1.97 bits per heavy atom. The van der Waals surface area contributed by atoms with Crippen LogP contribution >= 0.6 is 0 Å². The molecule has 0 saturated heterocycles. The molecule has 0 unspecified atom stereocenters. The molecule has 9 aromatic rings. The minimum Gasteiger partial charge on any atom is -0.507 e. The van der Waals surface area contributed by atoms with Gasteiger partial charge in [-0.05, 0) is 106 Å². The lowest BCUT2D eigenvalue weighted by Gasteiger charge is -2.23.